The molecular weight excluding hydrogens is 423 g/mol. The summed E-state index contributed by atoms with van der Waals surface area (Å²) in [5.74, 6) is -1.00. The second-order valence-corrected chi connectivity index (χ2v) is 10.6. The van der Waals surface area contributed by atoms with Gasteiger partial charge in [-0.1, -0.05) is 25.8 Å². The van der Waals surface area contributed by atoms with Crippen LogP contribution in [-0.2, 0) is 19.6 Å². The van der Waals surface area contributed by atoms with E-state index in [1.54, 1.807) is 19.1 Å². The molecule has 2 fully saturated rings. The number of hydrogen-bond acceptors (Lipinski definition) is 5. The summed E-state index contributed by atoms with van der Waals surface area (Å²) in [6, 6.07) is 4.45. The molecule has 1 saturated carbocycles. The molecule has 1 aromatic carbocycles. The molecule has 0 aromatic heterocycles. The van der Waals surface area contributed by atoms with Gasteiger partial charge in [-0.15, -0.1) is 0 Å². The van der Waals surface area contributed by atoms with Gasteiger partial charge in [-0.25, -0.2) is 17.9 Å². The lowest BCUT2D eigenvalue weighted by Gasteiger charge is -2.24. The van der Waals surface area contributed by atoms with Crippen molar-refractivity contribution in [1.82, 2.24) is 5.32 Å². The lowest BCUT2D eigenvalue weighted by Crippen LogP contribution is -2.40. The van der Waals surface area contributed by atoms with Gasteiger partial charge in [-0.2, -0.15) is 0 Å². The van der Waals surface area contributed by atoms with Crippen LogP contribution in [-0.4, -0.2) is 32.1 Å². The molecule has 3 N–H and O–H groups in total. The van der Waals surface area contributed by atoms with E-state index in [-0.39, 0.29) is 23.5 Å². The van der Waals surface area contributed by atoms with E-state index in [1.807, 2.05) is 0 Å². The second kappa shape index (κ2) is 10.1. The topological polar surface area (TPSA) is 116 Å². The molecule has 1 heterocycles. The molecule has 0 radical (unpaired) electrons. The summed E-state index contributed by atoms with van der Waals surface area (Å²) in [6.07, 6.45) is 5.21. The highest BCUT2D eigenvalue weighted by Gasteiger charge is 2.30. The molecular formula is C22H31FN2O5S. The fraction of sp³-hybridized carbons (Fsp3) is 0.636. The number of sulfonamides is 1. The molecule has 0 spiro atoms. The van der Waals surface area contributed by atoms with Gasteiger partial charge in [-0.05, 0) is 61.6 Å². The molecule has 9 heteroatoms. The number of carbonyl (C=O) groups excluding carboxylic acids is 2. The van der Waals surface area contributed by atoms with Crippen LogP contribution in [0.3, 0.4) is 0 Å². The normalized spacial score (nSPS) is 21.5. The minimum atomic E-state index is -3.83. The minimum Gasteiger partial charge on any atom is -0.490 e. The minimum absolute atomic E-state index is 0.141. The first-order chi connectivity index (χ1) is 14.6. The highest BCUT2D eigenvalue weighted by Crippen LogP contribution is 2.33. The van der Waals surface area contributed by atoms with E-state index in [0.717, 1.165) is 12.8 Å². The van der Waals surface area contributed by atoms with Crippen LogP contribution in [0.15, 0.2) is 18.2 Å². The number of piperidine rings is 1. The summed E-state index contributed by atoms with van der Waals surface area (Å²) in [6.45, 7) is 2.24. The SMILES string of the molecule is C[C@H](c1ccc(F)c(OCC2CC2)c1)C(CCCCC1CCC(=O)NC1=O)S(N)(=O)=O. The maximum Gasteiger partial charge on any atom is 0.229 e. The van der Waals surface area contributed by atoms with Crippen molar-refractivity contribution in [3.8, 4) is 5.75 Å². The number of imide groups is 1. The number of unbranched alkanes of at least 4 members (excludes halogenated alkanes) is 1. The number of nitrogens with two attached hydrogens (primary N) is 1. The van der Waals surface area contributed by atoms with E-state index < -0.39 is 27.0 Å². The van der Waals surface area contributed by atoms with Crippen molar-refractivity contribution in [2.45, 2.75) is 69.5 Å². The predicted octanol–water partition coefficient (Wildman–Crippen LogP) is 2.99. The van der Waals surface area contributed by atoms with Crippen molar-refractivity contribution in [1.29, 1.82) is 0 Å². The van der Waals surface area contributed by atoms with Crippen LogP contribution in [0, 0.1) is 17.7 Å². The average molecular weight is 455 g/mol. The maximum atomic E-state index is 14.1. The monoisotopic (exact) mass is 454 g/mol. The zero-order valence-corrected chi connectivity index (χ0v) is 18.6. The van der Waals surface area contributed by atoms with Gasteiger partial charge < -0.3 is 4.74 Å². The number of hydrogen-bond donors (Lipinski definition) is 2. The summed E-state index contributed by atoms with van der Waals surface area (Å²) < 4.78 is 44.2. The van der Waals surface area contributed by atoms with Crippen LogP contribution in [0.25, 0.3) is 0 Å². The fourth-order valence-electron chi connectivity index (χ4n) is 4.07. The number of ether oxygens (including phenoxy) is 1. The van der Waals surface area contributed by atoms with E-state index >= 15 is 0 Å². The highest BCUT2D eigenvalue weighted by atomic mass is 32.2. The number of benzene rings is 1. The van der Waals surface area contributed by atoms with E-state index in [2.05, 4.69) is 5.32 Å². The Morgan fingerprint density at radius 3 is 2.61 bits per heavy atom. The number of carbonyl (C=O) groups is 2. The lowest BCUT2D eigenvalue weighted by atomic mass is 9.90. The third-order valence-electron chi connectivity index (χ3n) is 6.28. The van der Waals surface area contributed by atoms with Gasteiger partial charge in [0.25, 0.3) is 0 Å². The Morgan fingerprint density at radius 2 is 1.97 bits per heavy atom. The van der Waals surface area contributed by atoms with Crippen molar-refractivity contribution in [2.75, 3.05) is 6.61 Å². The molecule has 2 unspecified atom stereocenters. The van der Waals surface area contributed by atoms with Crippen molar-refractivity contribution in [3.05, 3.63) is 29.6 Å². The Morgan fingerprint density at radius 1 is 1.23 bits per heavy atom. The molecule has 2 aliphatic rings. The molecule has 1 aliphatic heterocycles. The first-order valence-corrected chi connectivity index (χ1v) is 12.5. The van der Waals surface area contributed by atoms with Crippen LogP contribution in [0.4, 0.5) is 4.39 Å². The Labute approximate surface area is 183 Å². The van der Waals surface area contributed by atoms with Gasteiger partial charge in [-0.3, -0.25) is 14.9 Å². The van der Waals surface area contributed by atoms with Gasteiger partial charge in [0.1, 0.15) is 0 Å². The lowest BCUT2D eigenvalue weighted by molar-refractivity contribution is -0.136. The summed E-state index contributed by atoms with van der Waals surface area (Å²) in [5, 5.41) is 7.03. The molecule has 3 rings (SSSR count). The molecule has 2 amide bonds. The molecule has 7 nitrogen and oxygen atoms in total. The van der Waals surface area contributed by atoms with E-state index in [1.165, 1.54) is 6.07 Å². The molecule has 3 atom stereocenters. The zero-order valence-electron chi connectivity index (χ0n) is 17.8. The van der Waals surface area contributed by atoms with E-state index in [9.17, 15) is 22.4 Å². The average Bonchev–Trinajstić information content (AvgIpc) is 3.52. The molecule has 31 heavy (non-hydrogen) atoms. The molecule has 1 aliphatic carbocycles. The third-order valence-corrected chi connectivity index (χ3v) is 7.76. The van der Waals surface area contributed by atoms with Gasteiger partial charge >= 0.3 is 0 Å². The van der Waals surface area contributed by atoms with Gasteiger partial charge in [0, 0.05) is 12.3 Å². The largest absolute Gasteiger partial charge is 0.490 e. The second-order valence-electron chi connectivity index (χ2n) is 8.79. The predicted molar refractivity (Wildman–Crippen MR) is 114 cm³/mol. The number of halogens is 1. The summed E-state index contributed by atoms with van der Waals surface area (Å²) >= 11 is 0. The van der Waals surface area contributed by atoms with Crippen molar-refractivity contribution < 1.29 is 27.1 Å². The summed E-state index contributed by atoms with van der Waals surface area (Å²) in [4.78, 5) is 23.1. The van der Waals surface area contributed by atoms with Gasteiger partial charge in [0.2, 0.25) is 21.8 Å². The number of amides is 2. The number of nitrogens with one attached hydrogen (secondary N) is 1. The molecule has 1 aromatic rings. The van der Waals surface area contributed by atoms with Crippen molar-refractivity contribution in [2.24, 2.45) is 17.0 Å². The number of primary sulfonamides is 1. The van der Waals surface area contributed by atoms with Crippen LogP contribution < -0.4 is 15.2 Å². The molecule has 0 bridgehead atoms. The Hall–Kier alpha value is -2.00. The van der Waals surface area contributed by atoms with E-state index in [4.69, 9.17) is 9.88 Å². The maximum absolute atomic E-state index is 14.1. The highest BCUT2D eigenvalue weighted by molar-refractivity contribution is 7.89. The van der Waals surface area contributed by atoms with Crippen molar-refractivity contribution >= 4 is 21.8 Å². The number of rotatable bonds is 11. The van der Waals surface area contributed by atoms with Gasteiger partial charge in [0.05, 0.1) is 11.9 Å². The zero-order chi connectivity index (χ0) is 22.6. The Bertz CT molecular complexity index is 916. The van der Waals surface area contributed by atoms with Crippen LogP contribution >= 0.6 is 0 Å². The van der Waals surface area contributed by atoms with Crippen molar-refractivity contribution in [3.63, 3.8) is 0 Å². The van der Waals surface area contributed by atoms with Gasteiger partial charge in [0.15, 0.2) is 11.6 Å². The summed E-state index contributed by atoms with van der Waals surface area (Å²) in [5.41, 5.74) is 0.663. The summed E-state index contributed by atoms with van der Waals surface area (Å²) in [7, 11) is -3.83. The molecule has 172 valence electrons. The molecule has 1 saturated heterocycles. The smallest absolute Gasteiger partial charge is 0.229 e. The van der Waals surface area contributed by atoms with Crippen LogP contribution in [0.2, 0.25) is 0 Å². The Kier molecular flexibility index (Phi) is 7.69. The van der Waals surface area contributed by atoms with Crippen LogP contribution in [0.5, 0.6) is 5.75 Å². The van der Waals surface area contributed by atoms with Crippen LogP contribution in [0.1, 0.15) is 69.8 Å². The third kappa shape index (κ3) is 6.74. The van der Waals surface area contributed by atoms with E-state index in [0.29, 0.717) is 56.6 Å². The first-order valence-electron chi connectivity index (χ1n) is 10.9. The quantitative estimate of drug-likeness (QED) is 0.394. The fourth-order valence-corrected chi connectivity index (χ4v) is 5.29. The standard InChI is InChI=1S/C22H31FN2O5S/c1-14(17-8-10-18(23)19(12-17)30-13-15-6-7-15)20(31(24,28)29)5-3-2-4-16-9-11-21(26)25-22(16)27/h8,10,12,14-16,20H,2-7,9,11,13H2,1H3,(H2,24,28,29)(H,25,26,27)/t14-,16?,20?/m1/s1. The first kappa shape index (κ1) is 23.7. The Balaban J connectivity index is 1.59.